The predicted molar refractivity (Wildman–Crippen MR) is 53.4 cm³/mol. The topological polar surface area (TPSA) is 77.3 Å². The van der Waals surface area contributed by atoms with Gasteiger partial charge in [-0.05, 0) is 6.07 Å². The molecule has 5 nitrogen and oxygen atoms in total. The van der Waals surface area contributed by atoms with E-state index in [0.29, 0.717) is 0 Å². The third kappa shape index (κ3) is 1.08. The van der Waals surface area contributed by atoms with E-state index in [1.165, 1.54) is 12.1 Å². The van der Waals surface area contributed by atoms with Crippen molar-refractivity contribution in [2.45, 2.75) is 4.45 Å². The van der Waals surface area contributed by atoms with Gasteiger partial charge >= 0.3 is 4.45 Å². The number of alkyl halides is 1. The van der Waals surface area contributed by atoms with Crippen molar-refractivity contribution < 1.29 is 14.5 Å². The molecule has 1 aromatic carbocycles. The van der Waals surface area contributed by atoms with Crippen LogP contribution in [-0.4, -0.2) is 16.5 Å². The molecule has 0 saturated heterocycles. The summed E-state index contributed by atoms with van der Waals surface area (Å²) in [4.78, 5) is 33.0. The van der Waals surface area contributed by atoms with E-state index >= 15 is 0 Å². The number of carbonyl (C=O) groups is 2. The average molecular weight is 270 g/mol. The van der Waals surface area contributed by atoms with Crippen LogP contribution in [0.2, 0.25) is 0 Å². The molecular formula is C9H4BrNO4. The second kappa shape index (κ2) is 2.96. The van der Waals surface area contributed by atoms with Crippen molar-refractivity contribution in [3.8, 4) is 0 Å². The first-order valence-electron chi connectivity index (χ1n) is 4.01. The van der Waals surface area contributed by atoms with Crippen LogP contribution in [-0.2, 0) is 9.24 Å². The van der Waals surface area contributed by atoms with Gasteiger partial charge in [-0.25, -0.2) is 0 Å². The average Bonchev–Trinajstić information content (AvgIpc) is 2.43. The molecule has 0 saturated carbocycles. The van der Waals surface area contributed by atoms with E-state index in [0.717, 1.165) is 0 Å². The minimum absolute atomic E-state index is 0.0936. The molecule has 6 heteroatoms. The molecule has 0 bridgehead atoms. The van der Waals surface area contributed by atoms with Gasteiger partial charge in [0.25, 0.3) is 5.78 Å². The standard InChI is InChI=1S/C9H4BrNO4/c10-9(11(14)15)6-4-2-1-3-5(6)7(12)8(9)13/h1-4H. The van der Waals surface area contributed by atoms with Crippen LogP contribution in [0.1, 0.15) is 15.9 Å². The summed E-state index contributed by atoms with van der Waals surface area (Å²) in [6.07, 6.45) is 0. The molecule has 0 N–H and O–H groups in total. The van der Waals surface area contributed by atoms with Crippen LogP contribution in [0, 0.1) is 10.1 Å². The molecule has 76 valence electrons. The number of hydrogen-bond acceptors (Lipinski definition) is 4. The van der Waals surface area contributed by atoms with Gasteiger partial charge in [0, 0.05) is 21.5 Å². The first-order valence-corrected chi connectivity index (χ1v) is 4.81. The van der Waals surface area contributed by atoms with E-state index in [2.05, 4.69) is 15.9 Å². The normalized spacial score (nSPS) is 24.1. The Kier molecular flexibility index (Phi) is 1.97. The molecule has 2 rings (SSSR count). The monoisotopic (exact) mass is 269 g/mol. The van der Waals surface area contributed by atoms with E-state index in [1.807, 2.05) is 0 Å². The Bertz CT molecular complexity index is 499. The minimum Gasteiger partial charge on any atom is -0.285 e. The zero-order chi connectivity index (χ0) is 11.2. The molecular weight excluding hydrogens is 266 g/mol. The molecule has 0 fully saturated rings. The van der Waals surface area contributed by atoms with E-state index in [9.17, 15) is 19.7 Å². The largest absolute Gasteiger partial charge is 0.365 e. The van der Waals surface area contributed by atoms with Crippen LogP contribution in [0.15, 0.2) is 24.3 Å². The SMILES string of the molecule is O=C1C(=O)C(Br)([N+](=O)[O-])c2ccccc21. The fourth-order valence-electron chi connectivity index (χ4n) is 1.55. The lowest BCUT2D eigenvalue weighted by Gasteiger charge is -2.10. The number of Topliss-reactive ketones (excluding diaryl/α,β-unsaturated/α-hetero) is 2. The molecule has 1 aliphatic carbocycles. The van der Waals surface area contributed by atoms with Crippen LogP contribution in [0.4, 0.5) is 0 Å². The number of hydrogen-bond donors (Lipinski definition) is 0. The Labute approximate surface area is 92.4 Å². The molecule has 0 aromatic heterocycles. The first-order chi connectivity index (χ1) is 6.99. The number of nitro groups is 1. The number of ketones is 2. The maximum absolute atomic E-state index is 11.5. The highest BCUT2D eigenvalue weighted by molar-refractivity contribution is 9.10. The van der Waals surface area contributed by atoms with Crippen LogP contribution < -0.4 is 0 Å². The highest BCUT2D eigenvalue weighted by Crippen LogP contribution is 2.41. The Morgan fingerprint density at radius 3 is 2.47 bits per heavy atom. The summed E-state index contributed by atoms with van der Waals surface area (Å²) in [6, 6.07) is 5.91. The van der Waals surface area contributed by atoms with Crippen LogP contribution in [0.25, 0.3) is 0 Å². The lowest BCUT2D eigenvalue weighted by atomic mass is 10.1. The zero-order valence-electron chi connectivity index (χ0n) is 7.27. The van der Waals surface area contributed by atoms with Crippen molar-refractivity contribution in [3.63, 3.8) is 0 Å². The summed E-state index contributed by atoms with van der Waals surface area (Å²) >= 11 is 2.75. The Morgan fingerprint density at radius 2 is 1.87 bits per heavy atom. The smallest absolute Gasteiger partial charge is 0.285 e. The molecule has 0 spiro atoms. The van der Waals surface area contributed by atoms with Gasteiger partial charge in [0.2, 0.25) is 5.78 Å². The van der Waals surface area contributed by atoms with E-state index < -0.39 is 20.9 Å². The molecule has 1 atom stereocenters. The molecule has 1 aromatic rings. The number of carbonyl (C=O) groups excluding carboxylic acids is 2. The molecule has 0 aliphatic heterocycles. The van der Waals surface area contributed by atoms with Gasteiger partial charge in [-0.3, -0.25) is 19.7 Å². The number of halogens is 1. The third-order valence-electron chi connectivity index (χ3n) is 2.29. The lowest BCUT2D eigenvalue weighted by Crippen LogP contribution is -2.35. The summed E-state index contributed by atoms with van der Waals surface area (Å²) in [5.41, 5.74) is 0.195. The predicted octanol–water partition coefficient (Wildman–Crippen LogP) is 1.28. The fourth-order valence-corrected chi connectivity index (χ4v) is 2.07. The maximum atomic E-state index is 11.5. The molecule has 1 aliphatic rings. The maximum Gasteiger partial charge on any atom is 0.365 e. The molecule has 0 heterocycles. The van der Waals surface area contributed by atoms with E-state index in [4.69, 9.17) is 0 Å². The first kappa shape index (κ1) is 9.97. The van der Waals surface area contributed by atoms with Crippen LogP contribution in [0.3, 0.4) is 0 Å². The lowest BCUT2D eigenvalue weighted by molar-refractivity contribution is -0.525. The summed E-state index contributed by atoms with van der Waals surface area (Å²) in [5, 5.41) is 10.8. The van der Waals surface area contributed by atoms with Gasteiger partial charge in [-0.2, -0.15) is 0 Å². The summed E-state index contributed by atoms with van der Waals surface area (Å²) in [5.74, 6) is -1.87. The van der Waals surface area contributed by atoms with E-state index in [-0.39, 0.29) is 11.1 Å². The van der Waals surface area contributed by atoms with Crippen molar-refractivity contribution in [1.29, 1.82) is 0 Å². The molecule has 0 radical (unpaired) electrons. The van der Waals surface area contributed by atoms with Crippen LogP contribution in [0.5, 0.6) is 0 Å². The number of nitrogens with zero attached hydrogens (tertiary/aromatic N) is 1. The number of fused-ring (bicyclic) bond motifs is 1. The molecule has 1 unspecified atom stereocenters. The third-order valence-corrected chi connectivity index (χ3v) is 3.36. The fraction of sp³-hybridized carbons (Fsp3) is 0.111. The van der Waals surface area contributed by atoms with Gasteiger partial charge in [0.1, 0.15) is 0 Å². The minimum atomic E-state index is -2.10. The second-order valence-electron chi connectivity index (χ2n) is 3.08. The van der Waals surface area contributed by atoms with Crippen molar-refractivity contribution in [2.24, 2.45) is 0 Å². The van der Waals surface area contributed by atoms with Gasteiger partial charge in [0.05, 0.1) is 10.5 Å². The quantitative estimate of drug-likeness (QED) is 0.253. The van der Waals surface area contributed by atoms with Gasteiger partial charge in [0.15, 0.2) is 0 Å². The summed E-state index contributed by atoms with van der Waals surface area (Å²) < 4.78 is -2.10. The van der Waals surface area contributed by atoms with Crippen LogP contribution >= 0.6 is 15.9 Å². The number of benzene rings is 1. The Hall–Kier alpha value is -1.56. The second-order valence-corrected chi connectivity index (χ2v) is 4.23. The van der Waals surface area contributed by atoms with Gasteiger partial charge < -0.3 is 0 Å². The Morgan fingerprint density at radius 1 is 1.27 bits per heavy atom. The summed E-state index contributed by atoms with van der Waals surface area (Å²) in [6.45, 7) is 0. The molecule has 0 amide bonds. The summed E-state index contributed by atoms with van der Waals surface area (Å²) in [7, 11) is 0. The van der Waals surface area contributed by atoms with Crippen molar-refractivity contribution in [1.82, 2.24) is 0 Å². The Balaban J connectivity index is 2.77. The number of rotatable bonds is 1. The zero-order valence-corrected chi connectivity index (χ0v) is 8.85. The highest BCUT2D eigenvalue weighted by Gasteiger charge is 2.60. The van der Waals surface area contributed by atoms with E-state index in [1.54, 1.807) is 12.1 Å². The van der Waals surface area contributed by atoms with Crippen molar-refractivity contribution in [2.75, 3.05) is 0 Å². The van der Waals surface area contributed by atoms with Crippen molar-refractivity contribution >= 4 is 27.5 Å². The van der Waals surface area contributed by atoms with Gasteiger partial charge in [-0.1, -0.05) is 18.2 Å². The van der Waals surface area contributed by atoms with Crippen molar-refractivity contribution in [3.05, 3.63) is 45.5 Å². The molecule has 15 heavy (non-hydrogen) atoms. The highest BCUT2D eigenvalue weighted by atomic mass is 79.9. The van der Waals surface area contributed by atoms with Gasteiger partial charge in [-0.15, -0.1) is 0 Å².